The second-order valence-corrected chi connectivity index (χ2v) is 3.45. The number of esters is 1. The van der Waals surface area contributed by atoms with Gasteiger partial charge in [0.2, 0.25) is 0 Å². The van der Waals surface area contributed by atoms with Crippen LogP contribution in [0, 0.1) is 5.92 Å². The van der Waals surface area contributed by atoms with E-state index in [2.05, 4.69) is 13.8 Å². The van der Waals surface area contributed by atoms with E-state index in [4.69, 9.17) is 4.74 Å². The second-order valence-electron chi connectivity index (χ2n) is 3.45. The largest absolute Gasteiger partial charge is 0.459 e. The predicted octanol–water partition coefficient (Wildman–Crippen LogP) is 2.29. The highest BCUT2D eigenvalue weighted by atomic mass is 16.5. The van der Waals surface area contributed by atoms with Gasteiger partial charge in [-0.3, -0.25) is 0 Å². The van der Waals surface area contributed by atoms with E-state index < -0.39 is 0 Å². The van der Waals surface area contributed by atoms with Gasteiger partial charge in [-0.25, -0.2) is 4.79 Å². The third-order valence-corrected chi connectivity index (χ3v) is 2.30. The molecule has 1 aliphatic rings. The topological polar surface area (TPSA) is 26.3 Å². The average molecular weight is 168 g/mol. The van der Waals surface area contributed by atoms with Gasteiger partial charge in [0.1, 0.15) is 6.10 Å². The van der Waals surface area contributed by atoms with Crippen molar-refractivity contribution < 1.29 is 9.53 Å². The molecule has 2 atom stereocenters. The van der Waals surface area contributed by atoms with Crippen molar-refractivity contribution in [2.24, 2.45) is 5.92 Å². The summed E-state index contributed by atoms with van der Waals surface area (Å²) in [6.45, 7) is 4.34. The summed E-state index contributed by atoms with van der Waals surface area (Å²) in [5, 5.41) is 0. The molecule has 2 nitrogen and oxygen atoms in total. The minimum atomic E-state index is -0.186. The maximum atomic E-state index is 10.8. The molecule has 1 rings (SSSR count). The third kappa shape index (κ3) is 2.68. The Morgan fingerprint density at radius 2 is 2.50 bits per heavy atom. The molecule has 0 fully saturated rings. The van der Waals surface area contributed by atoms with Crippen molar-refractivity contribution in [3.05, 3.63) is 12.2 Å². The van der Waals surface area contributed by atoms with E-state index in [0.717, 1.165) is 19.3 Å². The summed E-state index contributed by atoms with van der Waals surface area (Å²) in [4.78, 5) is 10.8. The van der Waals surface area contributed by atoms with Crippen molar-refractivity contribution in [2.75, 3.05) is 0 Å². The van der Waals surface area contributed by atoms with Crippen LogP contribution >= 0.6 is 0 Å². The molecule has 0 saturated carbocycles. The van der Waals surface area contributed by atoms with Gasteiger partial charge in [0.25, 0.3) is 0 Å². The van der Waals surface area contributed by atoms with Crippen molar-refractivity contribution in [2.45, 2.75) is 39.2 Å². The minimum Gasteiger partial charge on any atom is -0.459 e. The Bertz CT molecular complexity index is 184. The first-order valence-electron chi connectivity index (χ1n) is 4.59. The van der Waals surface area contributed by atoms with E-state index in [-0.39, 0.29) is 12.1 Å². The highest BCUT2D eigenvalue weighted by Crippen LogP contribution is 2.18. The predicted molar refractivity (Wildman–Crippen MR) is 47.7 cm³/mol. The fourth-order valence-electron chi connectivity index (χ4n) is 1.33. The van der Waals surface area contributed by atoms with Crippen molar-refractivity contribution >= 4 is 5.97 Å². The second kappa shape index (κ2) is 4.29. The SMILES string of the molecule is CCC(C)CC1CC=CC(=O)O1. The van der Waals surface area contributed by atoms with E-state index in [1.165, 1.54) is 6.08 Å². The maximum absolute atomic E-state index is 10.8. The highest BCUT2D eigenvalue weighted by molar-refractivity contribution is 5.82. The monoisotopic (exact) mass is 168 g/mol. The highest BCUT2D eigenvalue weighted by Gasteiger charge is 2.17. The number of ether oxygens (including phenoxy) is 1. The summed E-state index contributed by atoms with van der Waals surface area (Å²) in [5.41, 5.74) is 0. The molecular formula is C10H16O2. The Morgan fingerprint density at radius 3 is 3.08 bits per heavy atom. The number of carbonyl (C=O) groups is 1. The lowest BCUT2D eigenvalue weighted by atomic mass is 9.98. The zero-order valence-electron chi connectivity index (χ0n) is 7.75. The van der Waals surface area contributed by atoms with Gasteiger partial charge in [-0.1, -0.05) is 26.3 Å². The molecule has 0 bridgehead atoms. The standard InChI is InChI=1S/C10H16O2/c1-3-8(2)7-9-5-4-6-10(11)12-9/h4,6,8-9H,3,5,7H2,1-2H3. The molecule has 0 aliphatic carbocycles. The van der Waals surface area contributed by atoms with Crippen LogP contribution in [-0.2, 0) is 9.53 Å². The van der Waals surface area contributed by atoms with Crippen LogP contribution in [-0.4, -0.2) is 12.1 Å². The molecule has 2 unspecified atom stereocenters. The van der Waals surface area contributed by atoms with Gasteiger partial charge in [-0.05, 0) is 12.3 Å². The fourth-order valence-corrected chi connectivity index (χ4v) is 1.33. The van der Waals surface area contributed by atoms with Crippen molar-refractivity contribution in [1.82, 2.24) is 0 Å². The van der Waals surface area contributed by atoms with Gasteiger partial charge in [0.05, 0.1) is 0 Å². The molecule has 0 spiro atoms. The molecule has 0 aromatic heterocycles. The fraction of sp³-hybridized carbons (Fsp3) is 0.700. The van der Waals surface area contributed by atoms with Gasteiger partial charge in [0, 0.05) is 12.5 Å². The molecule has 2 heteroatoms. The molecule has 0 aromatic carbocycles. The molecule has 0 radical (unpaired) electrons. The van der Waals surface area contributed by atoms with Gasteiger partial charge >= 0.3 is 5.97 Å². The number of hydrogen-bond acceptors (Lipinski definition) is 2. The third-order valence-electron chi connectivity index (χ3n) is 2.30. The smallest absolute Gasteiger partial charge is 0.330 e. The van der Waals surface area contributed by atoms with E-state index in [1.54, 1.807) is 0 Å². The van der Waals surface area contributed by atoms with Crippen LogP contribution in [0.25, 0.3) is 0 Å². The molecule has 0 amide bonds. The first-order chi connectivity index (χ1) is 5.72. The van der Waals surface area contributed by atoms with Crippen LogP contribution in [0.1, 0.15) is 33.1 Å². The Morgan fingerprint density at radius 1 is 1.75 bits per heavy atom. The minimum absolute atomic E-state index is 0.123. The molecule has 12 heavy (non-hydrogen) atoms. The van der Waals surface area contributed by atoms with Crippen LogP contribution in [0.2, 0.25) is 0 Å². The molecular weight excluding hydrogens is 152 g/mol. The van der Waals surface area contributed by atoms with Crippen LogP contribution in [0.5, 0.6) is 0 Å². The van der Waals surface area contributed by atoms with Crippen molar-refractivity contribution in [3.63, 3.8) is 0 Å². The molecule has 68 valence electrons. The van der Waals surface area contributed by atoms with Crippen LogP contribution < -0.4 is 0 Å². The van der Waals surface area contributed by atoms with E-state index in [9.17, 15) is 4.79 Å². The summed E-state index contributed by atoms with van der Waals surface area (Å²) >= 11 is 0. The normalized spacial score (nSPS) is 25.2. The number of cyclic esters (lactones) is 1. The molecule has 0 N–H and O–H groups in total. The quantitative estimate of drug-likeness (QED) is 0.604. The Balaban J connectivity index is 2.34. The van der Waals surface area contributed by atoms with Crippen LogP contribution in [0.15, 0.2) is 12.2 Å². The van der Waals surface area contributed by atoms with Gasteiger partial charge < -0.3 is 4.74 Å². The Labute approximate surface area is 73.6 Å². The Hall–Kier alpha value is -0.790. The van der Waals surface area contributed by atoms with E-state index >= 15 is 0 Å². The number of carbonyl (C=O) groups excluding carboxylic acids is 1. The maximum Gasteiger partial charge on any atom is 0.330 e. The lowest BCUT2D eigenvalue weighted by molar-refractivity contribution is -0.144. The first kappa shape index (κ1) is 9.30. The number of hydrogen-bond donors (Lipinski definition) is 0. The lowest BCUT2D eigenvalue weighted by Gasteiger charge is -2.21. The van der Waals surface area contributed by atoms with Crippen molar-refractivity contribution in [1.29, 1.82) is 0 Å². The Kier molecular flexibility index (Phi) is 3.32. The van der Waals surface area contributed by atoms with Crippen LogP contribution in [0.4, 0.5) is 0 Å². The molecule has 1 heterocycles. The van der Waals surface area contributed by atoms with Gasteiger partial charge in [-0.2, -0.15) is 0 Å². The van der Waals surface area contributed by atoms with E-state index in [0.29, 0.717) is 5.92 Å². The zero-order chi connectivity index (χ0) is 8.97. The van der Waals surface area contributed by atoms with Gasteiger partial charge in [-0.15, -0.1) is 0 Å². The van der Waals surface area contributed by atoms with Crippen molar-refractivity contribution in [3.8, 4) is 0 Å². The molecule has 1 aliphatic heterocycles. The molecule has 0 aromatic rings. The first-order valence-corrected chi connectivity index (χ1v) is 4.59. The summed E-state index contributed by atoms with van der Waals surface area (Å²) in [7, 11) is 0. The average Bonchev–Trinajstić information content (AvgIpc) is 2.04. The molecule has 0 saturated heterocycles. The summed E-state index contributed by atoms with van der Waals surface area (Å²) in [6.07, 6.45) is 6.56. The van der Waals surface area contributed by atoms with Crippen LogP contribution in [0.3, 0.4) is 0 Å². The summed E-state index contributed by atoms with van der Waals surface area (Å²) < 4.78 is 5.13. The van der Waals surface area contributed by atoms with E-state index in [1.807, 2.05) is 6.08 Å². The summed E-state index contributed by atoms with van der Waals surface area (Å²) in [5.74, 6) is 0.462. The van der Waals surface area contributed by atoms with Gasteiger partial charge in [0.15, 0.2) is 0 Å². The zero-order valence-corrected chi connectivity index (χ0v) is 7.75. The lowest BCUT2D eigenvalue weighted by Crippen LogP contribution is -2.21. The summed E-state index contributed by atoms with van der Waals surface area (Å²) in [6, 6.07) is 0. The number of rotatable bonds is 3.